The summed E-state index contributed by atoms with van der Waals surface area (Å²) in [6.45, 7) is 0. The van der Waals surface area contributed by atoms with Gasteiger partial charge in [-0.2, -0.15) is 10.3 Å². The molecule has 0 aliphatic rings. The third-order valence-corrected chi connectivity index (χ3v) is 5.04. The van der Waals surface area contributed by atoms with Crippen molar-refractivity contribution in [1.29, 1.82) is 0 Å². The van der Waals surface area contributed by atoms with Gasteiger partial charge in [0.25, 0.3) is 0 Å². The average Bonchev–Trinajstić information content (AvgIpc) is 3.46. The number of benzene rings is 2. The minimum Gasteiger partial charge on any atom is -0.363 e. The van der Waals surface area contributed by atoms with Gasteiger partial charge in [0.15, 0.2) is 5.65 Å². The Morgan fingerprint density at radius 1 is 0.967 bits per heavy atom. The number of rotatable bonds is 5. The fourth-order valence-corrected chi connectivity index (χ4v) is 3.53. The zero-order chi connectivity index (χ0) is 20.5. The van der Waals surface area contributed by atoms with Gasteiger partial charge in [-0.25, -0.2) is 9.50 Å². The molecule has 0 saturated heterocycles. The predicted octanol–water partition coefficient (Wildman–Crippen LogP) is 3.23. The SMILES string of the molecule is CN(C)c1cc(Cc2ccc(-c3ccccc3-c3nn[nH]n3)cc2)n2nccc2n1. The zero-order valence-electron chi connectivity index (χ0n) is 16.7. The second-order valence-electron chi connectivity index (χ2n) is 7.26. The molecule has 0 aliphatic heterocycles. The van der Waals surface area contributed by atoms with Crippen LogP contribution in [0.15, 0.2) is 66.9 Å². The second-order valence-corrected chi connectivity index (χ2v) is 7.26. The first-order valence-electron chi connectivity index (χ1n) is 9.62. The first-order chi connectivity index (χ1) is 14.7. The highest BCUT2D eigenvalue weighted by molar-refractivity contribution is 5.80. The lowest BCUT2D eigenvalue weighted by atomic mass is 9.97. The van der Waals surface area contributed by atoms with Crippen molar-refractivity contribution in [1.82, 2.24) is 35.2 Å². The number of H-pyrrole nitrogens is 1. The summed E-state index contributed by atoms with van der Waals surface area (Å²) in [6.07, 6.45) is 2.54. The molecular formula is C22H20N8. The van der Waals surface area contributed by atoms with Crippen molar-refractivity contribution < 1.29 is 0 Å². The van der Waals surface area contributed by atoms with Crippen LogP contribution in [0.25, 0.3) is 28.2 Å². The molecule has 3 aromatic heterocycles. The summed E-state index contributed by atoms with van der Waals surface area (Å²) < 4.78 is 1.90. The second kappa shape index (κ2) is 7.40. The van der Waals surface area contributed by atoms with E-state index >= 15 is 0 Å². The molecule has 0 saturated carbocycles. The quantitative estimate of drug-likeness (QED) is 0.491. The van der Waals surface area contributed by atoms with Crippen molar-refractivity contribution in [3.63, 3.8) is 0 Å². The Bertz CT molecular complexity index is 1290. The molecule has 0 amide bonds. The number of aromatic nitrogens is 7. The summed E-state index contributed by atoms with van der Waals surface area (Å²) in [7, 11) is 3.99. The molecule has 2 aromatic carbocycles. The Morgan fingerprint density at radius 3 is 2.50 bits per heavy atom. The van der Waals surface area contributed by atoms with Gasteiger partial charge in [0.1, 0.15) is 5.82 Å². The first kappa shape index (κ1) is 18.0. The predicted molar refractivity (Wildman–Crippen MR) is 115 cm³/mol. The number of anilines is 1. The van der Waals surface area contributed by atoms with Gasteiger partial charge in [0, 0.05) is 38.2 Å². The fraction of sp³-hybridized carbons (Fsp3) is 0.136. The van der Waals surface area contributed by atoms with Crippen LogP contribution in [0.3, 0.4) is 0 Å². The van der Waals surface area contributed by atoms with Crippen LogP contribution in [0, 0.1) is 0 Å². The molecule has 0 aliphatic carbocycles. The molecule has 148 valence electrons. The molecule has 3 heterocycles. The summed E-state index contributed by atoms with van der Waals surface area (Å²) in [6, 6.07) is 20.6. The molecule has 8 nitrogen and oxygen atoms in total. The van der Waals surface area contributed by atoms with Crippen molar-refractivity contribution in [2.45, 2.75) is 6.42 Å². The van der Waals surface area contributed by atoms with Crippen LogP contribution < -0.4 is 4.90 Å². The number of aromatic amines is 1. The van der Waals surface area contributed by atoms with Crippen molar-refractivity contribution in [2.24, 2.45) is 0 Å². The Kier molecular flexibility index (Phi) is 4.44. The van der Waals surface area contributed by atoms with Crippen LogP contribution in [0.2, 0.25) is 0 Å². The zero-order valence-corrected chi connectivity index (χ0v) is 16.7. The lowest BCUT2D eigenvalue weighted by Crippen LogP contribution is -2.13. The fourth-order valence-electron chi connectivity index (χ4n) is 3.53. The molecule has 0 radical (unpaired) electrons. The van der Waals surface area contributed by atoms with E-state index in [1.54, 1.807) is 6.20 Å². The van der Waals surface area contributed by atoms with E-state index in [1.165, 1.54) is 5.56 Å². The highest BCUT2D eigenvalue weighted by Crippen LogP contribution is 2.30. The van der Waals surface area contributed by atoms with Gasteiger partial charge in [-0.1, -0.05) is 48.5 Å². The van der Waals surface area contributed by atoms with Gasteiger partial charge in [0.2, 0.25) is 5.82 Å². The monoisotopic (exact) mass is 396 g/mol. The van der Waals surface area contributed by atoms with E-state index in [0.717, 1.165) is 40.3 Å². The number of hydrogen-bond acceptors (Lipinski definition) is 6. The van der Waals surface area contributed by atoms with E-state index in [2.05, 4.69) is 67.1 Å². The van der Waals surface area contributed by atoms with Crippen molar-refractivity contribution in [3.05, 3.63) is 78.1 Å². The molecule has 0 fully saturated rings. The molecule has 1 N–H and O–H groups in total. The van der Waals surface area contributed by atoms with Gasteiger partial charge in [0.05, 0.1) is 11.9 Å². The number of hydrogen-bond donors (Lipinski definition) is 1. The van der Waals surface area contributed by atoms with Crippen LogP contribution in [0.5, 0.6) is 0 Å². The summed E-state index contributed by atoms with van der Waals surface area (Å²) in [5, 5.41) is 18.9. The molecule has 0 atom stereocenters. The van der Waals surface area contributed by atoms with E-state index in [9.17, 15) is 0 Å². The maximum Gasteiger partial charge on any atom is 0.205 e. The van der Waals surface area contributed by atoms with E-state index in [0.29, 0.717) is 5.82 Å². The van der Waals surface area contributed by atoms with Crippen LogP contribution in [-0.4, -0.2) is 49.3 Å². The third kappa shape index (κ3) is 3.28. The Hall–Kier alpha value is -4.07. The van der Waals surface area contributed by atoms with E-state index in [4.69, 9.17) is 0 Å². The van der Waals surface area contributed by atoms with Gasteiger partial charge in [-0.3, -0.25) is 0 Å². The minimum atomic E-state index is 0.587. The Labute approximate surface area is 173 Å². The normalized spacial score (nSPS) is 11.1. The van der Waals surface area contributed by atoms with Crippen molar-refractivity contribution in [3.8, 4) is 22.5 Å². The van der Waals surface area contributed by atoms with Gasteiger partial charge < -0.3 is 4.90 Å². The molecule has 0 unspecified atom stereocenters. The third-order valence-electron chi connectivity index (χ3n) is 5.04. The summed E-state index contributed by atoms with van der Waals surface area (Å²) >= 11 is 0. The topological polar surface area (TPSA) is 87.9 Å². The van der Waals surface area contributed by atoms with E-state index in [1.807, 2.05) is 47.8 Å². The average molecular weight is 396 g/mol. The lowest BCUT2D eigenvalue weighted by Gasteiger charge is -2.14. The lowest BCUT2D eigenvalue weighted by molar-refractivity contribution is 0.856. The summed E-state index contributed by atoms with van der Waals surface area (Å²) in [4.78, 5) is 6.64. The maximum absolute atomic E-state index is 4.63. The molecule has 5 aromatic rings. The van der Waals surface area contributed by atoms with Crippen LogP contribution in [0.1, 0.15) is 11.3 Å². The largest absolute Gasteiger partial charge is 0.363 e. The van der Waals surface area contributed by atoms with E-state index < -0.39 is 0 Å². The minimum absolute atomic E-state index is 0.587. The van der Waals surface area contributed by atoms with Crippen molar-refractivity contribution >= 4 is 11.5 Å². The summed E-state index contributed by atoms with van der Waals surface area (Å²) in [5.74, 6) is 1.51. The van der Waals surface area contributed by atoms with Gasteiger partial charge >= 0.3 is 0 Å². The highest BCUT2D eigenvalue weighted by atomic mass is 15.5. The number of fused-ring (bicyclic) bond motifs is 1. The van der Waals surface area contributed by atoms with Gasteiger partial charge in [-0.05, 0) is 21.9 Å². The Morgan fingerprint density at radius 2 is 1.77 bits per heavy atom. The highest BCUT2D eigenvalue weighted by Gasteiger charge is 2.12. The standard InChI is InChI=1S/C22H20N8/c1-29(2)21-14-17(30-20(24-21)11-12-23-30)13-15-7-9-16(10-8-15)18-5-3-4-6-19(18)22-25-27-28-26-22/h3-12,14H,13H2,1-2H3,(H,25,26,27,28). The summed E-state index contributed by atoms with van der Waals surface area (Å²) in [5.41, 5.74) is 6.26. The number of nitrogens with zero attached hydrogens (tertiary/aromatic N) is 7. The molecule has 30 heavy (non-hydrogen) atoms. The van der Waals surface area contributed by atoms with Crippen LogP contribution in [-0.2, 0) is 6.42 Å². The van der Waals surface area contributed by atoms with Crippen molar-refractivity contribution in [2.75, 3.05) is 19.0 Å². The van der Waals surface area contributed by atoms with Crippen LogP contribution >= 0.6 is 0 Å². The molecule has 0 bridgehead atoms. The molecule has 0 spiro atoms. The first-order valence-corrected chi connectivity index (χ1v) is 9.62. The van der Waals surface area contributed by atoms with Gasteiger partial charge in [-0.15, -0.1) is 10.2 Å². The smallest absolute Gasteiger partial charge is 0.205 e. The number of tetrazole rings is 1. The van der Waals surface area contributed by atoms with Crippen LogP contribution in [0.4, 0.5) is 5.82 Å². The molecular weight excluding hydrogens is 376 g/mol. The van der Waals surface area contributed by atoms with E-state index in [-0.39, 0.29) is 0 Å². The Balaban J connectivity index is 1.48. The molecule has 5 rings (SSSR count). The number of nitrogens with one attached hydrogen (secondary N) is 1. The maximum atomic E-state index is 4.63. The molecule has 8 heteroatoms.